The van der Waals surface area contributed by atoms with E-state index in [0.717, 1.165) is 16.7 Å². The van der Waals surface area contributed by atoms with Crippen LogP contribution in [-0.4, -0.2) is 13.5 Å². The fraction of sp³-hybridized carbons (Fsp3) is 0.429. The molecule has 5 heteroatoms. The highest BCUT2D eigenvalue weighted by atomic mass is 32.2. The molecule has 0 saturated heterocycles. The molecule has 0 fully saturated rings. The lowest BCUT2D eigenvalue weighted by Gasteiger charge is -2.23. The summed E-state index contributed by atoms with van der Waals surface area (Å²) in [5.74, 6) is 0.484. The summed E-state index contributed by atoms with van der Waals surface area (Å²) in [7, 11) is -3.79. The number of aromatic hydroxyl groups is 1. The van der Waals surface area contributed by atoms with Crippen LogP contribution in [-0.2, 0) is 10.0 Å². The van der Waals surface area contributed by atoms with E-state index < -0.39 is 10.0 Å². The van der Waals surface area contributed by atoms with E-state index in [1.54, 1.807) is 12.1 Å². The van der Waals surface area contributed by atoms with Crippen molar-refractivity contribution in [3.63, 3.8) is 0 Å². The molecule has 2 aromatic rings. The van der Waals surface area contributed by atoms with E-state index in [-0.39, 0.29) is 17.6 Å². The van der Waals surface area contributed by atoms with Crippen molar-refractivity contribution in [2.24, 2.45) is 0 Å². The Kier molecular flexibility index (Phi) is 6.02. The normalized spacial score (nSPS) is 12.2. The highest BCUT2D eigenvalue weighted by Gasteiger charge is 2.27. The predicted octanol–water partition coefficient (Wildman–Crippen LogP) is 5.56. The van der Waals surface area contributed by atoms with Gasteiger partial charge in [-0.1, -0.05) is 59.7 Å². The van der Waals surface area contributed by atoms with Crippen LogP contribution in [0.1, 0.15) is 76.0 Å². The van der Waals surface area contributed by atoms with Gasteiger partial charge in [0.05, 0.1) is 10.6 Å². The average Bonchev–Trinajstić information content (AvgIpc) is 2.52. The smallest absolute Gasteiger partial charge is 0.262 e. The standard InChI is InChI=1S/C21H29NO3S/c1-13(2)16-10-19(14(3)4)21(20(11-16)15(5)6)26(24,25)22-17-8-7-9-18(23)12-17/h7-15,22-23H,1-6H3. The third kappa shape index (κ3) is 4.39. The van der Waals surface area contributed by atoms with Crippen LogP contribution >= 0.6 is 0 Å². The van der Waals surface area contributed by atoms with Gasteiger partial charge in [-0.2, -0.15) is 0 Å². The molecule has 26 heavy (non-hydrogen) atoms. The van der Waals surface area contributed by atoms with Crippen LogP contribution in [0.15, 0.2) is 41.3 Å². The maximum atomic E-state index is 13.3. The van der Waals surface area contributed by atoms with E-state index in [2.05, 4.69) is 18.6 Å². The minimum atomic E-state index is -3.79. The Labute approximate surface area is 157 Å². The second kappa shape index (κ2) is 7.70. The van der Waals surface area contributed by atoms with Gasteiger partial charge >= 0.3 is 0 Å². The van der Waals surface area contributed by atoms with Gasteiger partial charge in [0.15, 0.2) is 0 Å². The van der Waals surface area contributed by atoms with Gasteiger partial charge in [-0.15, -0.1) is 0 Å². The van der Waals surface area contributed by atoms with Gasteiger partial charge in [0.25, 0.3) is 10.0 Å². The molecule has 0 radical (unpaired) electrons. The van der Waals surface area contributed by atoms with Crippen molar-refractivity contribution in [3.8, 4) is 5.75 Å². The number of benzene rings is 2. The lowest BCUT2D eigenvalue weighted by atomic mass is 9.89. The van der Waals surface area contributed by atoms with Gasteiger partial charge in [-0.25, -0.2) is 8.42 Å². The van der Waals surface area contributed by atoms with Crippen LogP contribution in [0.3, 0.4) is 0 Å². The van der Waals surface area contributed by atoms with Crippen molar-refractivity contribution in [2.45, 2.75) is 64.2 Å². The summed E-state index contributed by atoms with van der Waals surface area (Å²) >= 11 is 0. The topological polar surface area (TPSA) is 66.4 Å². The van der Waals surface area contributed by atoms with E-state index in [0.29, 0.717) is 16.5 Å². The van der Waals surface area contributed by atoms with Gasteiger partial charge < -0.3 is 5.11 Å². The van der Waals surface area contributed by atoms with Crippen molar-refractivity contribution < 1.29 is 13.5 Å². The Balaban J connectivity index is 2.69. The average molecular weight is 376 g/mol. The predicted molar refractivity (Wildman–Crippen MR) is 108 cm³/mol. The van der Waals surface area contributed by atoms with Crippen molar-refractivity contribution in [1.82, 2.24) is 0 Å². The highest BCUT2D eigenvalue weighted by Crippen LogP contribution is 2.36. The fourth-order valence-electron chi connectivity index (χ4n) is 2.98. The van der Waals surface area contributed by atoms with Crippen LogP contribution in [0.2, 0.25) is 0 Å². The van der Waals surface area contributed by atoms with Crippen molar-refractivity contribution >= 4 is 15.7 Å². The van der Waals surface area contributed by atoms with Crippen LogP contribution in [0, 0.1) is 0 Å². The quantitative estimate of drug-likeness (QED) is 0.694. The van der Waals surface area contributed by atoms with E-state index in [1.165, 1.54) is 12.1 Å². The molecule has 0 amide bonds. The SMILES string of the molecule is CC(C)c1cc(C(C)C)c(S(=O)(=O)Nc2cccc(O)c2)c(C(C)C)c1. The summed E-state index contributed by atoms with van der Waals surface area (Å²) < 4.78 is 29.1. The molecule has 2 rings (SSSR count). The first-order valence-electron chi connectivity index (χ1n) is 9.02. The molecular weight excluding hydrogens is 346 g/mol. The van der Waals surface area contributed by atoms with Crippen LogP contribution in [0.25, 0.3) is 0 Å². The maximum absolute atomic E-state index is 13.3. The molecule has 0 spiro atoms. The van der Waals surface area contributed by atoms with Crippen molar-refractivity contribution in [1.29, 1.82) is 0 Å². The molecule has 0 aromatic heterocycles. The molecule has 142 valence electrons. The Morgan fingerprint density at radius 2 is 1.38 bits per heavy atom. The Hall–Kier alpha value is -2.01. The minimum absolute atomic E-state index is 0.0218. The number of nitrogens with one attached hydrogen (secondary N) is 1. The monoisotopic (exact) mass is 375 g/mol. The number of sulfonamides is 1. The number of rotatable bonds is 6. The Bertz CT molecular complexity index is 855. The number of phenolic OH excluding ortho intramolecular Hbond substituents is 1. The molecule has 2 aromatic carbocycles. The molecule has 0 heterocycles. The third-order valence-electron chi connectivity index (χ3n) is 4.45. The Morgan fingerprint density at radius 3 is 1.81 bits per heavy atom. The molecule has 0 saturated carbocycles. The molecule has 2 N–H and O–H groups in total. The fourth-order valence-corrected chi connectivity index (χ4v) is 4.72. The summed E-state index contributed by atoms with van der Waals surface area (Å²) in [6, 6.07) is 10.2. The van der Waals surface area contributed by atoms with Gasteiger partial charge in [0, 0.05) is 6.07 Å². The van der Waals surface area contributed by atoms with Crippen LogP contribution < -0.4 is 4.72 Å². The first kappa shape index (κ1) is 20.3. The molecule has 0 bridgehead atoms. The van der Waals surface area contributed by atoms with E-state index in [9.17, 15) is 13.5 Å². The molecule has 0 atom stereocenters. The third-order valence-corrected chi connectivity index (χ3v) is 5.96. The molecule has 0 aliphatic heterocycles. The summed E-state index contributed by atoms with van der Waals surface area (Å²) in [6.45, 7) is 12.3. The zero-order valence-electron chi connectivity index (χ0n) is 16.4. The summed E-state index contributed by atoms with van der Waals surface area (Å²) in [5.41, 5.74) is 3.15. The first-order valence-corrected chi connectivity index (χ1v) is 10.5. The van der Waals surface area contributed by atoms with Gasteiger partial charge in [-0.05, 0) is 46.6 Å². The number of hydrogen-bond acceptors (Lipinski definition) is 3. The summed E-state index contributed by atoms with van der Waals surface area (Å²) in [5, 5.41) is 9.63. The second-order valence-corrected chi connectivity index (χ2v) is 9.27. The Morgan fingerprint density at radius 1 is 0.846 bits per heavy atom. The number of anilines is 1. The molecular formula is C21H29NO3S. The maximum Gasteiger partial charge on any atom is 0.262 e. The minimum Gasteiger partial charge on any atom is -0.508 e. The molecule has 0 aliphatic rings. The number of hydrogen-bond donors (Lipinski definition) is 2. The zero-order chi connectivity index (χ0) is 19.6. The van der Waals surface area contributed by atoms with E-state index in [4.69, 9.17) is 0 Å². The van der Waals surface area contributed by atoms with E-state index >= 15 is 0 Å². The van der Waals surface area contributed by atoms with Crippen LogP contribution in [0.5, 0.6) is 5.75 Å². The summed E-state index contributed by atoms with van der Waals surface area (Å²) in [6.07, 6.45) is 0. The van der Waals surface area contributed by atoms with Crippen LogP contribution in [0.4, 0.5) is 5.69 Å². The zero-order valence-corrected chi connectivity index (χ0v) is 17.2. The largest absolute Gasteiger partial charge is 0.508 e. The first-order chi connectivity index (χ1) is 12.0. The van der Waals surface area contributed by atoms with Crippen molar-refractivity contribution in [2.75, 3.05) is 4.72 Å². The molecule has 0 aliphatic carbocycles. The highest BCUT2D eigenvalue weighted by molar-refractivity contribution is 7.92. The lowest BCUT2D eigenvalue weighted by Crippen LogP contribution is -2.19. The number of phenols is 1. The lowest BCUT2D eigenvalue weighted by molar-refractivity contribution is 0.475. The van der Waals surface area contributed by atoms with E-state index in [1.807, 2.05) is 39.8 Å². The van der Waals surface area contributed by atoms with Gasteiger partial charge in [0.1, 0.15) is 5.75 Å². The van der Waals surface area contributed by atoms with Gasteiger partial charge in [-0.3, -0.25) is 4.72 Å². The molecule has 4 nitrogen and oxygen atoms in total. The van der Waals surface area contributed by atoms with Gasteiger partial charge in [0.2, 0.25) is 0 Å². The summed E-state index contributed by atoms with van der Waals surface area (Å²) in [4.78, 5) is 0.357. The van der Waals surface area contributed by atoms with Crippen molar-refractivity contribution in [3.05, 3.63) is 53.1 Å². The second-order valence-electron chi connectivity index (χ2n) is 7.65. The molecule has 0 unspecified atom stereocenters.